The minimum atomic E-state index is -0.467. The summed E-state index contributed by atoms with van der Waals surface area (Å²) in [6.45, 7) is 1.39. The number of carbonyl (C=O) groups excluding carboxylic acids is 2. The van der Waals surface area contributed by atoms with Crippen LogP contribution in [-0.4, -0.2) is 52.7 Å². The van der Waals surface area contributed by atoms with Gasteiger partial charge in [-0.3, -0.25) is 4.79 Å². The molecule has 0 bridgehead atoms. The first-order chi connectivity index (χ1) is 12.7. The van der Waals surface area contributed by atoms with E-state index in [9.17, 15) is 9.59 Å². The number of hydrogen-bond donors (Lipinski definition) is 1. The van der Waals surface area contributed by atoms with Gasteiger partial charge in [0.05, 0.1) is 11.1 Å². The van der Waals surface area contributed by atoms with Crippen LogP contribution in [0.25, 0.3) is 0 Å². The number of thioether (sulfide) groups is 1. The predicted octanol–water partition coefficient (Wildman–Crippen LogP) is 1.61. The van der Waals surface area contributed by atoms with E-state index in [2.05, 4.69) is 9.69 Å². The van der Waals surface area contributed by atoms with Crippen LogP contribution >= 0.6 is 23.3 Å². The molecule has 0 unspecified atom stereocenters. The summed E-state index contributed by atoms with van der Waals surface area (Å²) in [4.78, 5) is 31.4. The molecule has 1 radical (unpaired) electrons. The Balaban J connectivity index is 1.63. The number of amides is 1. The minimum absolute atomic E-state index is 0.163. The Morgan fingerprint density at radius 2 is 2.19 bits per heavy atom. The number of aromatic nitrogens is 1. The lowest BCUT2D eigenvalue weighted by molar-refractivity contribution is 0.0977. The monoisotopic (exact) mass is 383 g/mol. The molecule has 1 aromatic heterocycles. The second-order valence-electron chi connectivity index (χ2n) is 6.26. The highest BCUT2D eigenvalue weighted by molar-refractivity contribution is 8.13. The van der Waals surface area contributed by atoms with E-state index in [1.807, 2.05) is 29.1 Å². The van der Waals surface area contributed by atoms with Gasteiger partial charge in [-0.25, -0.2) is 9.37 Å². The molecule has 0 spiro atoms. The maximum atomic E-state index is 12.5. The van der Waals surface area contributed by atoms with Gasteiger partial charge < -0.3 is 14.9 Å². The number of fused-ring (bicyclic) bond motifs is 1. The summed E-state index contributed by atoms with van der Waals surface area (Å²) in [5.41, 5.74) is 0.137. The van der Waals surface area contributed by atoms with Crippen LogP contribution in [0.4, 0.5) is 0 Å². The molecule has 2 aromatic rings. The maximum absolute atomic E-state index is 12.5. The summed E-state index contributed by atoms with van der Waals surface area (Å²) >= 11 is 2.98. The van der Waals surface area contributed by atoms with E-state index >= 15 is 0 Å². The van der Waals surface area contributed by atoms with E-state index in [4.69, 9.17) is 4.99 Å². The van der Waals surface area contributed by atoms with Crippen LogP contribution in [0.5, 0.6) is 0 Å². The van der Waals surface area contributed by atoms with Gasteiger partial charge in [-0.1, -0.05) is 30.0 Å². The largest absolute Gasteiger partial charge is 0.337 e. The van der Waals surface area contributed by atoms with Crippen LogP contribution < -0.4 is 5.32 Å². The molecule has 3 heterocycles. The number of aliphatic imine (C=N–C) groups is 1. The highest BCUT2D eigenvalue weighted by atomic mass is 32.2. The van der Waals surface area contributed by atoms with Gasteiger partial charge in [0, 0.05) is 30.0 Å². The van der Waals surface area contributed by atoms with Gasteiger partial charge in [0.1, 0.15) is 5.54 Å². The Kier molecular flexibility index (Phi) is 4.93. The first-order valence-corrected chi connectivity index (χ1v) is 10.00. The van der Waals surface area contributed by atoms with Crippen molar-refractivity contribution >= 4 is 48.0 Å². The molecule has 0 aliphatic carbocycles. The molecule has 1 aromatic carbocycles. The van der Waals surface area contributed by atoms with E-state index in [0.29, 0.717) is 17.3 Å². The zero-order valence-electron chi connectivity index (χ0n) is 13.9. The molecular formula is C17H16BN4O2S2. The van der Waals surface area contributed by atoms with Crippen molar-refractivity contribution < 1.29 is 9.59 Å². The molecule has 2 atom stereocenters. The van der Waals surface area contributed by atoms with E-state index in [-0.39, 0.29) is 11.8 Å². The Bertz CT molecular complexity index is 831. The normalized spacial score (nSPS) is 25.2. The number of amidine groups is 1. The summed E-state index contributed by atoms with van der Waals surface area (Å²) in [6, 6.07) is 11.1. The molecule has 1 N–H and O–H groups in total. The van der Waals surface area contributed by atoms with Crippen LogP contribution in [-0.2, 0) is 10.3 Å². The second-order valence-corrected chi connectivity index (χ2v) is 8.10. The number of rotatable bonds is 4. The lowest BCUT2D eigenvalue weighted by atomic mass is 9.87. The zero-order valence-corrected chi connectivity index (χ0v) is 15.5. The first-order valence-electron chi connectivity index (χ1n) is 8.24. The molecule has 9 heteroatoms. The summed E-state index contributed by atoms with van der Waals surface area (Å²) < 4.78 is 4.24. The van der Waals surface area contributed by atoms with Crippen LogP contribution in [0, 0.1) is 5.92 Å². The van der Waals surface area contributed by atoms with Crippen molar-refractivity contribution in [1.82, 2.24) is 14.5 Å². The molecule has 26 heavy (non-hydrogen) atoms. The average Bonchev–Trinajstić information content (AvgIpc) is 3.30. The van der Waals surface area contributed by atoms with Crippen LogP contribution in [0.3, 0.4) is 0 Å². The van der Waals surface area contributed by atoms with Gasteiger partial charge in [0.15, 0.2) is 5.17 Å². The standard InChI is InChI=1S/C17H16BN4O2S2/c23-11-18-22-8-13-9-25-16(20-15(24)12-4-2-1-3-5-12)21-17(13,10-22)14-6-7-19-26-14/h1-7,11,13H,8-10H2,(H,20,21,24)/t13-,17-/m0/s1. The highest BCUT2D eigenvalue weighted by Gasteiger charge is 2.51. The van der Waals surface area contributed by atoms with E-state index in [1.165, 1.54) is 11.5 Å². The quantitative estimate of drug-likeness (QED) is 0.642. The molecule has 6 nitrogen and oxygen atoms in total. The van der Waals surface area contributed by atoms with Gasteiger partial charge in [0.25, 0.3) is 13.3 Å². The van der Waals surface area contributed by atoms with E-state index < -0.39 is 5.54 Å². The highest BCUT2D eigenvalue weighted by Crippen LogP contribution is 2.46. The molecular weight excluding hydrogens is 367 g/mol. The van der Waals surface area contributed by atoms with Crippen LogP contribution in [0.15, 0.2) is 47.6 Å². The van der Waals surface area contributed by atoms with Crippen molar-refractivity contribution in [2.24, 2.45) is 10.9 Å². The Labute approximate surface area is 160 Å². The fraction of sp³-hybridized carbons (Fsp3) is 0.294. The number of carbonyl (C=O) groups is 2. The van der Waals surface area contributed by atoms with Crippen molar-refractivity contribution in [3.63, 3.8) is 0 Å². The van der Waals surface area contributed by atoms with Crippen LogP contribution in [0.2, 0.25) is 0 Å². The first kappa shape index (κ1) is 17.4. The van der Waals surface area contributed by atoms with Gasteiger partial charge in [-0.05, 0) is 36.3 Å². The molecule has 1 saturated heterocycles. The molecule has 0 saturated carbocycles. The average molecular weight is 383 g/mol. The summed E-state index contributed by atoms with van der Waals surface area (Å²) in [7, 11) is 1.57. The van der Waals surface area contributed by atoms with Gasteiger partial charge in [0.2, 0.25) is 0 Å². The van der Waals surface area contributed by atoms with Gasteiger partial charge in [-0.2, -0.15) is 0 Å². The fourth-order valence-electron chi connectivity index (χ4n) is 3.44. The maximum Gasteiger partial charge on any atom is 0.293 e. The predicted molar refractivity (Wildman–Crippen MR) is 105 cm³/mol. The van der Waals surface area contributed by atoms with E-state index in [0.717, 1.165) is 23.4 Å². The second kappa shape index (κ2) is 7.34. The smallest absolute Gasteiger partial charge is 0.293 e. The van der Waals surface area contributed by atoms with Crippen molar-refractivity contribution in [3.05, 3.63) is 53.0 Å². The number of nitrogens with one attached hydrogen (secondary N) is 1. The van der Waals surface area contributed by atoms with Crippen LogP contribution in [0.1, 0.15) is 15.2 Å². The Morgan fingerprint density at radius 3 is 2.92 bits per heavy atom. The molecule has 131 valence electrons. The lowest BCUT2D eigenvalue weighted by Gasteiger charge is -2.34. The Hall–Kier alpha value is -1.97. The van der Waals surface area contributed by atoms with Crippen molar-refractivity contribution in [2.45, 2.75) is 5.54 Å². The summed E-state index contributed by atoms with van der Waals surface area (Å²) in [5, 5.41) is 3.56. The van der Waals surface area contributed by atoms with E-state index in [1.54, 1.807) is 37.5 Å². The Morgan fingerprint density at radius 1 is 1.35 bits per heavy atom. The summed E-state index contributed by atoms with van der Waals surface area (Å²) in [6.07, 6.45) is 2.59. The molecule has 1 amide bonds. The third kappa shape index (κ3) is 3.22. The molecule has 2 aliphatic rings. The molecule has 2 aliphatic heterocycles. The SMILES string of the molecule is O=C[B]N1C[C@H]2CSC(NC(=O)c3ccccc3)=N[C@@]2(c2ccns2)C1. The topological polar surface area (TPSA) is 74.7 Å². The van der Waals surface area contributed by atoms with Gasteiger partial charge in [-0.15, -0.1) is 0 Å². The minimum Gasteiger partial charge on any atom is -0.337 e. The fourth-order valence-corrected chi connectivity index (χ4v) is 5.37. The van der Waals surface area contributed by atoms with Crippen molar-refractivity contribution in [1.29, 1.82) is 0 Å². The van der Waals surface area contributed by atoms with Crippen molar-refractivity contribution in [2.75, 3.05) is 18.8 Å². The number of benzene rings is 1. The number of nitrogens with zero attached hydrogens (tertiary/aromatic N) is 3. The third-order valence-corrected chi connectivity index (χ3v) is 6.64. The molecule has 1 fully saturated rings. The molecule has 4 rings (SSSR count). The van der Waals surface area contributed by atoms with Crippen molar-refractivity contribution in [3.8, 4) is 0 Å². The number of hydrogen-bond acceptors (Lipinski definition) is 7. The third-order valence-electron chi connectivity index (χ3n) is 4.69. The van der Waals surface area contributed by atoms with Gasteiger partial charge >= 0.3 is 0 Å². The summed E-state index contributed by atoms with van der Waals surface area (Å²) in [5.74, 6) is 0.931. The zero-order chi connectivity index (χ0) is 18.0. The lowest BCUT2D eigenvalue weighted by Crippen LogP contribution is -2.42.